The van der Waals surface area contributed by atoms with Crippen LogP contribution < -0.4 is 4.74 Å². The molecule has 0 saturated carbocycles. The van der Waals surface area contributed by atoms with Crippen LogP contribution in [-0.4, -0.2) is 83.3 Å². The van der Waals surface area contributed by atoms with Crippen LogP contribution in [0.25, 0.3) is 5.57 Å². The second-order valence-corrected chi connectivity index (χ2v) is 11.0. The molecule has 1 saturated heterocycles. The SMILES string of the molecule is CC(S)OC(=O)C1=CN(C(=O)c2cc(F)c(OCCN3CCOCC3)c(F)c2)CC(C)(C)c2c(C(F)(F)F)n[nH]c21. The van der Waals surface area contributed by atoms with Gasteiger partial charge in [0, 0.05) is 48.9 Å². The second kappa shape index (κ2) is 12.0. The number of carbonyl (C=O) groups excluding carboxylic acids is 2. The van der Waals surface area contributed by atoms with Crippen molar-refractivity contribution in [2.75, 3.05) is 46.0 Å². The Hall–Kier alpha value is -3.17. The lowest BCUT2D eigenvalue weighted by Gasteiger charge is -2.30. The van der Waals surface area contributed by atoms with E-state index >= 15 is 0 Å². The van der Waals surface area contributed by atoms with Crippen LogP contribution in [0.5, 0.6) is 5.75 Å². The van der Waals surface area contributed by atoms with E-state index in [4.69, 9.17) is 14.2 Å². The Balaban J connectivity index is 1.65. The molecule has 1 amide bonds. The van der Waals surface area contributed by atoms with Crippen LogP contribution in [0.2, 0.25) is 0 Å². The van der Waals surface area contributed by atoms with Crippen LogP contribution in [0, 0.1) is 11.6 Å². The van der Waals surface area contributed by atoms with Crippen molar-refractivity contribution < 1.29 is 45.8 Å². The van der Waals surface area contributed by atoms with Crippen molar-refractivity contribution in [3.05, 3.63) is 52.5 Å². The Labute approximate surface area is 238 Å². The molecular formula is C26H29F5N4O5S. The van der Waals surface area contributed by atoms with Gasteiger partial charge in [-0.3, -0.25) is 14.8 Å². The van der Waals surface area contributed by atoms with Crippen molar-refractivity contribution in [2.45, 2.75) is 37.8 Å². The highest BCUT2D eigenvalue weighted by molar-refractivity contribution is 7.80. The van der Waals surface area contributed by atoms with Crippen LogP contribution in [-0.2, 0) is 25.9 Å². The van der Waals surface area contributed by atoms with E-state index in [1.54, 1.807) is 0 Å². The molecule has 4 rings (SSSR count). The Morgan fingerprint density at radius 1 is 1.20 bits per heavy atom. The number of hydrogen-bond donors (Lipinski definition) is 2. The number of aromatic amines is 1. The molecule has 2 aliphatic rings. The number of benzene rings is 1. The summed E-state index contributed by atoms with van der Waals surface area (Å²) in [6.07, 6.45) is -3.90. The zero-order valence-electron chi connectivity index (χ0n) is 22.5. The summed E-state index contributed by atoms with van der Waals surface area (Å²) in [5, 5.41) is 5.64. The number of rotatable bonds is 7. The molecule has 224 valence electrons. The maximum Gasteiger partial charge on any atom is 0.435 e. The molecule has 1 unspecified atom stereocenters. The molecule has 0 aliphatic carbocycles. The fourth-order valence-corrected chi connectivity index (χ4v) is 4.86. The van der Waals surface area contributed by atoms with Gasteiger partial charge in [0.15, 0.2) is 23.1 Å². The van der Waals surface area contributed by atoms with Gasteiger partial charge in [-0.2, -0.15) is 18.3 Å². The average Bonchev–Trinajstić information content (AvgIpc) is 3.30. The Kier molecular flexibility index (Phi) is 8.99. The summed E-state index contributed by atoms with van der Waals surface area (Å²) >= 11 is 3.99. The number of amides is 1. The van der Waals surface area contributed by atoms with Crippen LogP contribution in [0.15, 0.2) is 18.3 Å². The second-order valence-electron chi connectivity index (χ2n) is 10.3. The summed E-state index contributed by atoms with van der Waals surface area (Å²) in [6, 6.07) is 1.55. The maximum atomic E-state index is 14.9. The first-order valence-electron chi connectivity index (χ1n) is 12.7. The van der Waals surface area contributed by atoms with Gasteiger partial charge < -0.3 is 19.1 Å². The van der Waals surface area contributed by atoms with E-state index in [9.17, 15) is 31.5 Å². The fraction of sp³-hybridized carbons (Fsp3) is 0.500. The number of fused-ring (bicyclic) bond motifs is 1. The molecule has 1 fully saturated rings. The highest BCUT2D eigenvalue weighted by Gasteiger charge is 2.46. The summed E-state index contributed by atoms with van der Waals surface area (Å²) < 4.78 is 87.1. The van der Waals surface area contributed by atoms with Gasteiger partial charge in [0.1, 0.15) is 17.6 Å². The third kappa shape index (κ3) is 6.84. The van der Waals surface area contributed by atoms with Crippen molar-refractivity contribution in [3.63, 3.8) is 0 Å². The molecule has 0 spiro atoms. The summed E-state index contributed by atoms with van der Waals surface area (Å²) in [7, 11) is 0. The quantitative estimate of drug-likeness (QED) is 0.213. The van der Waals surface area contributed by atoms with Gasteiger partial charge >= 0.3 is 12.1 Å². The molecule has 2 aliphatic heterocycles. The van der Waals surface area contributed by atoms with E-state index in [-0.39, 0.29) is 17.9 Å². The summed E-state index contributed by atoms with van der Waals surface area (Å²) in [4.78, 5) is 29.3. The van der Waals surface area contributed by atoms with Gasteiger partial charge in [-0.05, 0) is 19.1 Å². The molecule has 2 aromatic rings. The standard InChI is InChI=1S/C26H29F5N4O5S/c1-14(41)40-24(37)16-12-35(13-25(2,3)19-20(16)32-33-22(19)26(29,30)31)23(36)15-10-17(27)21(18(28)11-15)39-9-6-34-4-7-38-8-5-34/h10-12,14,41H,4-9,13H2,1-3H3,(H,32,33). The van der Waals surface area contributed by atoms with Crippen molar-refractivity contribution >= 4 is 30.1 Å². The summed E-state index contributed by atoms with van der Waals surface area (Å²) in [5.74, 6) is -4.98. The first-order valence-corrected chi connectivity index (χ1v) is 13.2. The molecule has 1 aromatic carbocycles. The van der Waals surface area contributed by atoms with Crippen molar-refractivity contribution in [2.24, 2.45) is 0 Å². The zero-order chi connectivity index (χ0) is 30.1. The lowest BCUT2D eigenvalue weighted by atomic mass is 9.81. The Morgan fingerprint density at radius 3 is 2.41 bits per heavy atom. The number of nitrogens with one attached hydrogen (secondary N) is 1. The van der Waals surface area contributed by atoms with Crippen molar-refractivity contribution in [1.82, 2.24) is 20.0 Å². The third-order valence-electron chi connectivity index (χ3n) is 6.59. The molecule has 41 heavy (non-hydrogen) atoms. The normalized spacial score (nSPS) is 18.3. The average molecular weight is 605 g/mol. The van der Waals surface area contributed by atoms with Crippen molar-refractivity contribution in [3.8, 4) is 5.75 Å². The number of halogens is 5. The van der Waals surface area contributed by atoms with E-state index in [1.165, 1.54) is 20.8 Å². The lowest BCUT2D eigenvalue weighted by Crippen LogP contribution is -2.38. The first kappa shape index (κ1) is 30.8. The monoisotopic (exact) mass is 604 g/mol. The fourth-order valence-electron chi connectivity index (χ4n) is 4.76. The van der Waals surface area contributed by atoms with E-state index in [0.29, 0.717) is 32.8 Å². The molecule has 15 heteroatoms. The molecular weight excluding hydrogens is 575 g/mol. The topological polar surface area (TPSA) is 97.0 Å². The smallest absolute Gasteiger partial charge is 0.435 e. The van der Waals surface area contributed by atoms with E-state index in [0.717, 1.165) is 23.2 Å². The zero-order valence-corrected chi connectivity index (χ0v) is 23.4. The number of H-pyrrole nitrogens is 1. The highest BCUT2D eigenvalue weighted by atomic mass is 32.1. The predicted octanol–water partition coefficient (Wildman–Crippen LogP) is 4.01. The number of ether oxygens (including phenoxy) is 3. The number of hydrogen-bond acceptors (Lipinski definition) is 8. The molecule has 3 heterocycles. The van der Waals surface area contributed by atoms with Crippen LogP contribution in [0.4, 0.5) is 22.0 Å². The number of carbonyl (C=O) groups is 2. The van der Waals surface area contributed by atoms with Gasteiger partial charge in [0.05, 0.1) is 18.9 Å². The molecule has 1 N–H and O–H groups in total. The van der Waals surface area contributed by atoms with Gasteiger partial charge in [0.2, 0.25) is 0 Å². The molecule has 1 aromatic heterocycles. The molecule has 9 nitrogen and oxygen atoms in total. The van der Waals surface area contributed by atoms with Crippen LogP contribution in [0.3, 0.4) is 0 Å². The number of nitrogens with zero attached hydrogens (tertiary/aromatic N) is 3. The van der Waals surface area contributed by atoms with Gasteiger partial charge in [-0.1, -0.05) is 13.8 Å². The molecule has 0 bridgehead atoms. The Bertz CT molecular complexity index is 1320. The first-order chi connectivity index (χ1) is 19.2. The van der Waals surface area contributed by atoms with Gasteiger partial charge in [-0.15, -0.1) is 12.6 Å². The maximum absolute atomic E-state index is 14.9. The van der Waals surface area contributed by atoms with Crippen LogP contribution >= 0.6 is 12.6 Å². The van der Waals surface area contributed by atoms with Crippen LogP contribution in [0.1, 0.15) is 48.1 Å². The number of thiol groups is 1. The summed E-state index contributed by atoms with van der Waals surface area (Å²) in [5.41, 5.74) is -5.16. The van der Waals surface area contributed by atoms with Gasteiger partial charge in [0.25, 0.3) is 5.91 Å². The number of aromatic nitrogens is 2. The van der Waals surface area contributed by atoms with Crippen molar-refractivity contribution in [1.29, 1.82) is 0 Å². The largest absolute Gasteiger partial charge is 0.486 e. The molecule has 0 radical (unpaired) electrons. The number of alkyl halides is 3. The van der Waals surface area contributed by atoms with E-state index < -0.39 is 69.7 Å². The lowest BCUT2D eigenvalue weighted by molar-refractivity contribution is -0.142. The third-order valence-corrected chi connectivity index (χ3v) is 6.70. The predicted molar refractivity (Wildman–Crippen MR) is 139 cm³/mol. The highest BCUT2D eigenvalue weighted by Crippen LogP contribution is 2.42. The number of morpholine rings is 1. The van der Waals surface area contributed by atoms with E-state index in [2.05, 4.69) is 22.8 Å². The minimum Gasteiger partial charge on any atom is -0.486 e. The minimum absolute atomic E-state index is 0.00740. The minimum atomic E-state index is -4.88. The van der Waals surface area contributed by atoms with E-state index in [1.807, 2.05) is 4.90 Å². The van der Waals surface area contributed by atoms with Gasteiger partial charge in [-0.25, -0.2) is 13.6 Å². The Morgan fingerprint density at radius 2 is 1.83 bits per heavy atom. The number of esters is 1. The molecule has 1 atom stereocenters. The summed E-state index contributed by atoms with van der Waals surface area (Å²) in [6.45, 7) is 6.69.